The van der Waals surface area contributed by atoms with Crippen LogP contribution < -0.4 is 5.32 Å². The highest BCUT2D eigenvalue weighted by molar-refractivity contribution is 7.99. The molecule has 4 rings (SSSR count). The number of hydrogen-bond donors (Lipinski definition) is 1. The molecule has 0 spiro atoms. The Morgan fingerprint density at radius 3 is 2.88 bits per heavy atom. The molecule has 1 atom stereocenters. The van der Waals surface area contributed by atoms with Gasteiger partial charge in [0.15, 0.2) is 5.16 Å². The number of carbonyl (C=O) groups excluding carboxylic acids is 1. The summed E-state index contributed by atoms with van der Waals surface area (Å²) in [6, 6.07) is 8.45. The van der Waals surface area contributed by atoms with E-state index in [1.54, 1.807) is 6.33 Å². The van der Waals surface area contributed by atoms with Crippen LogP contribution in [0.4, 0.5) is 5.82 Å². The number of benzene rings is 1. The second-order valence-corrected chi connectivity index (χ2v) is 9.34. The zero-order valence-corrected chi connectivity index (χ0v) is 20.2. The van der Waals surface area contributed by atoms with Crippen LogP contribution in [-0.4, -0.2) is 43.7 Å². The Labute approximate surface area is 198 Å². The molecule has 2 aromatic heterocycles. The molecule has 0 unspecified atom stereocenters. The summed E-state index contributed by atoms with van der Waals surface area (Å²) in [5.41, 5.74) is 5.59. The minimum absolute atomic E-state index is 0.100. The first-order valence-corrected chi connectivity index (χ1v) is 12.0. The van der Waals surface area contributed by atoms with Gasteiger partial charge in [0.05, 0.1) is 29.7 Å². The van der Waals surface area contributed by atoms with E-state index in [9.17, 15) is 10.1 Å². The lowest BCUT2D eigenvalue weighted by atomic mass is 10.1. The second-order valence-electron chi connectivity index (χ2n) is 8.40. The molecule has 1 amide bonds. The summed E-state index contributed by atoms with van der Waals surface area (Å²) < 4.78 is 9.69. The van der Waals surface area contributed by atoms with E-state index < -0.39 is 0 Å². The molecular formula is C24H28N6O2S. The molecule has 0 bridgehead atoms. The molecule has 1 aromatic carbocycles. The highest BCUT2D eigenvalue weighted by Gasteiger charge is 2.24. The Balaban J connectivity index is 1.51. The normalized spacial score (nSPS) is 15.5. The first-order chi connectivity index (χ1) is 15.9. The van der Waals surface area contributed by atoms with Crippen molar-refractivity contribution < 1.29 is 9.53 Å². The van der Waals surface area contributed by atoms with Crippen molar-refractivity contribution in [2.75, 3.05) is 17.7 Å². The minimum atomic E-state index is -0.196. The fourth-order valence-corrected chi connectivity index (χ4v) is 4.84. The maximum atomic E-state index is 12.9. The summed E-state index contributed by atoms with van der Waals surface area (Å²) in [7, 11) is 0. The molecule has 1 aliphatic rings. The molecular weight excluding hydrogens is 436 g/mol. The minimum Gasteiger partial charge on any atom is -0.376 e. The van der Waals surface area contributed by atoms with Crippen LogP contribution in [0.15, 0.2) is 29.7 Å². The molecule has 172 valence electrons. The Morgan fingerprint density at radius 2 is 2.15 bits per heavy atom. The summed E-state index contributed by atoms with van der Waals surface area (Å²) in [5.74, 6) is 0.500. The van der Waals surface area contributed by atoms with Gasteiger partial charge in [-0.15, -0.1) is 10.2 Å². The molecule has 3 heterocycles. The molecule has 0 radical (unpaired) electrons. The number of ether oxygens (including phenoxy) is 1. The van der Waals surface area contributed by atoms with Crippen molar-refractivity contribution in [3.05, 3.63) is 52.5 Å². The number of hydrogen-bond acceptors (Lipinski definition) is 6. The Kier molecular flexibility index (Phi) is 6.86. The van der Waals surface area contributed by atoms with Crippen molar-refractivity contribution in [3.8, 4) is 11.8 Å². The lowest BCUT2D eigenvalue weighted by molar-refractivity contribution is -0.113. The third kappa shape index (κ3) is 4.82. The van der Waals surface area contributed by atoms with E-state index in [4.69, 9.17) is 4.74 Å². The van der Waals surface area contributed by atoms with E-state index in [0.717, 1.165) is 47.5 Å². The third-order valence-corrected chi connectivity index (χ3v) is 7.03. The fraction of sp³-hybridized carbons (Fsp3) is 0.417. The molecule has 0 saturated carbocycles. The molecule has 1 fully saturated rings. The summed E-state index contributed by atoms with van der Waals surface area (Å²) >= 11 is 1.31. The van der Waals surface area contributed by atoms with Gasteiger partial charge < -0.3 is 14.6 Å². The van der Waals surface area contributed by atoms with Crippen LogP contribution >= 0.6 is 11.8 Å². The van der Waals surface area contributed by atoms with Gasteiger partial charge in [-0.2, -0.15) is 5.26 Å². The Bertz CT molecular complexity index is 1220. The van der Waals surface area contributed by atoms with E-state index in [-0.39, 0.29) is 17.8 Å². The van der Waals surface area contributed by atoms with Crippen LogP contribution in [0.2, 0.25) is 0 Å². The van der Waals surface area contributed by atoms with E-state index in [2.05, 4.69) is 39.8 Å². The number of anilines is 1. The molecule has 0 aliphatic carbocycles. The standard InChI is InChI=1S/C24H28N6O2S/c1-15-7-8-16(2)21(10-15)30-14-26-28-24(30)33-13-22(31)27-23-20(11-25)17(3)18(4)29(23)12-19-6-5-9-32-19/h7-8,10,14,19H,5-6,9,12-13H2,1-4H3,(H,27,31)/t19-/m1/s1. The molecule has 3 aromatic rings. The summed E-state index contributed by atoms with van der Waals surface area (Å²) in [6.45, 7) is 9.34. The van der Waals surface area contributed by atoms with Gasteiger partial charge in [-0.05, 0) is 63.3 Å². The van der Waals surface area contributed by atoms with Crippen LogP contribution in [0.5, 0.6) is 0 Å². The van der Waals surface area contributed by atoms with Gasteiger partial charge in [0.2, 0.25) is 5.91 Å². The van der Waals surface area contributed by atoms with Crippen LogP contribution in [0.25, 0.3) is 5.69 Å². The maximum Gasteiger partial charge on any atom is 0.235 e. The van der Waals surface area contributed by atoms with Crippen LogP contribution in [0.1, 0.15) is 40.8 Å². The number of nitrogens with one attached hydrogen (secondary N) is 1. The van der Waals surface area contributed by atoms with E-state index in [0.29, 0.717) is 23.1 Å². The monoisotopic (exact) mass is 464 g/mol. The fourth-order valence-electron chi connectivity index (χ4n) is 4.12. The SMILES string of the molecule is Cc1ccc(C)c(-n2cnnc2SCC(=O)Nc2c(C#N)c(C)c(C)n2C[C@H]2CCCO2)c1. The molecule has 9 heteroatoms. The van der Waals surface area contributed by atoms with Crippen molar-refractivity contribution in [3.63, 3.8) is 0 Å². The van der Waals surface area contributed by atoms with E-state index >= 15 is 0 Å². The average molecular weight is 465 g/mol. The van der Waals surface area contributed by atoms with Crippen LogP contribution in [0, 0.1) is 39.0 Å². The molecule has 1 saturated heterocycles. The van der Waals surface area contributed by atoms with Crippen molar-refractivity contribution in [2.24, 2.45) is 0 Å². The second kappa shape index (κ2) is 9.81. The lowest BCUT2D eigenvalue weighted by Gasteiger charge is -2.17. The van der Waals surface area contributed by atoms with Gasteiger partial charge in [0, 0.05) is 12.3 Å². The van der Waals surface area contributed by atoms with Gasteiger partial charge in [0.1, 0.15) is 18.2 Å². The van der Waals surface area contributed by atoms with Gasteiger partial charge in [-0.3, -0.25) is 9.36 Å². The molecule has 33 heavy (non-hydrogen) atoms. The zero-order valence-electron chi connectivity index (χ0n) is 19.4. The number of aromatic nitrogens is 4. The Hall–Kier alpha value is -3.09. The number of amides is 1. The summed E-state index contributed by atoms with van der Waals surface area (Å²) in [5, 5.41) is 21.6. The number of thioether (sulfide) groups is 1. The highest BCUT2D eigenvalue weighted by Crippen LogP contribution is 2.29. The predicted molar refractivity (Wildman–Crippen MR) is 128 cm³/mol. The first-order valence-electron chi connectivity index (χ1n) is 11.0. The number of aryl methyl sites for hydroxylation is 2. The van der Waals surface area contributed by atoms with E-state index in [1.165, 1.54) is 11.8 Å². The van der Waals surface area contributed by atoms with Crippen molar-refractivity contribution in [1.29, 1.82) is 5.26 Å². The number of nitrogens with zero attached hydrogens (tertiary/aromatic N) is 5. The molecule has 1 aliphatic heterocycles. The smallest absolute Gasteiger partial charge is 0.235 e. The van der Waals surface area contributed by atoms with Crippen LogP contribution in [-0.2, 0) is 16.1 Å². The highest BCUT2D eigenvalue weighted by atomic mass is 32.2. The molecule has 1 N–H and O–H groups in total. The maximum absolute atomic E-state index is 12.9. The number of rotatable bonds is 7. The number of carbonyl (C=O) groups is 1. The average Bonchev–Trinajstić information content (AvgIpc) is 3.52. The predicted octanol–water partition coefficient (Wildman–Crippen LogP) is 4.08. The topological polar surface area (TPSA) is 97.8 Å². The van der Waals surface area contributed by atoms with Crippen molar-refractivity contribution in [2.45, 2.75) is 58.3 Å². The van der Waals surface area contributed by atoms with E-state index in [1.807, 2.05) is 36.8 Å². The Morgan fingerprint density at radius 1 is 1.33 bits per heavy atom. The quantitative estimate of drug-likeness (QED) is 0.529. The molecule has 8 nitrogen and oxygen atoms in total. The van der Waals surface area contributed by atoms with Gasteiger partial charge in [0.25, 0.3) is 0 Å². The first kappa shape index (κ1) is 23.1. The third-order valence-electron chi connectivity index (χ3n) is 6.08. The number of nitriles is 1. The zero-order chi connectivity index (χ0) is 23.5. The lowest BCUT2D eigenvalue weighted by Crippen LogP contribution is -2.22. The van der Waals surface area contributed by atoms with Crippen molar-refractivity contribution >= 4 is 23.5 Å². The van der Waals surface area contributed by atoms with Gasteiger partial charge in [-0.25, -0.2) is 0 Å². The summed E-state index contributed by atoms with van der Waals surface area (Å²) in [6.07, 6.45) is 3.78. The largest absolute Gasteiger partial charge is 0.376 e. The van der Waals surface area contributed by atoms with Crippen LogP contribution in [0.3, 0.4) is 0 Å². The van der Waals surface area contributed by atoms with Gasteiger partial charge >= 0.3 is 0 Å². The van der Waals surface area contributed by atoms with Gasteiger partial charge in [-0.1, -0.05) is 23.9 Å². The summed E-state index contributed by atoms with van der Waals surface area (Å²) in [4.78, 5) is 12.9. The van der Waals surface area contributed by atoms with Crippen molar-refractivity contribution in [1.82, 2.24) is 19.3 Å².